The van der Waals surface area contributed by atoms with Crippen molar-refractivity contribution in [1.82, 2.24) is 9.88 Å². The molecule has 0 fully saturated rings. The third-order valence-corrected chi connectivity index (χ3v) is 4.92. The zero-order valence-electron chi connectivity index (χ0n) is 14.6. The minimum absolute atomic E-state index is 0.761. The maximum Gasteiger partial charge on any atom is 0.132 e. The van der Waals surface area contributed by atoms with Crippen LogP contribution in [0, 0.1) is 0 Å². The van der Waals surface area contributed by atoms with Crippen molar-refractivity contribution >= 4 is 27.6 Å². The van der Waals surface area contributed by atoms with Gasteiger partial charge in [0.05, 0.1) is 17.6 Å². The van der Waals surface area contributed by atoms with Crippen molar-refractivity contribution in [2.24, 2.45) is 4.99 Å². The standard InChI is InChI=1S/C23H19N3/c1-16-14-24-23(25-15-16)17-10-12-18(13-11-17)26-21-8-4-2-6-19(21)20-7-3-5-9-22(20)26/h2-14H,15H2,1H3,(H,24,25). The number of amidine groups is 1. The second kappa shape index (κ2) is 5.88. The zero-order valence-corrected chi connectivity index (χ0v) is 14.6. The molecule has 3 aromatic carbocycles. The Morgan fingerprint density at radius 3 is 2.00 bits per heavy atom. The fraction of sp³-hybridized carbons (Fsp3) is 0.0870. The van der Waals surface area contributed by atoms with Gasteiger partial charge < -0.3 is 9.88 Å². The number of aromatic nitrogens is 1. The molecule has 5 rings (SSSR count). The van der Waals surface area contributed by atoms with E-state index in [1.807, 2.05) is 6.20 Å². The van der Waals surface area contributed by atoms with Gasteiger partial charge in [-0.3, -0.25) is 4.99 Å². The highest BCUT2D eigenvalue weighted by Gasteiger charge is 2.12. The van der Waals surface area contributed by atoms with E-state index >= 15 is 0 Å². The molecule has 26 heavy (non-hydrogen) atoms. The highest BCUT2D eigenvalue weighted by Crippen LogP contribution is 2.31. The molecule has 1 aliphatic heterocycles. The van der Waals surface area contributed by atoms with Crippen molar-refractivity contribution < 1.29 is 0 Å². The summed E-state index contributed by atoms with van der Waals surface area (Å²) < 4.78 is 2.33. The van der Waals surface area contributed by atoms with E-state index in [0.717, 1.165) is 23.6 Å². The first-order valence-corrected chi connectivity index (χ1v) is 8.87. The molecule has 0 saturated carbocycles. The summed E-state index contributed by atoms with van der Waals surface area (Å²) in [5.74, 6) is 0.935. The number of fused-ring (bicyclic) bond motifs is 3. The van der Waals surface area contributed by atoms with Crippen LogP contribution in [0.2, 0.25) is 0 Å². The number of nitrogens with one attached hydrogen (secondary N) is 1. The Balaban J connectivity index is 1.64. The third kappa shape index (κ3) is 2.32. The Hall–Kier alpha value is -3.33. The molecule has 1 aliphatic rings. The van der Waals surface area contributed by atoms with Gasteiger partial charge in [-0.15, -0.1) is 0 Å². The SMILES string of the molecule is CC1=CNC(c2ccc(-n3c4ccccc4c4ccccc43)cc2)=NC1. The van der Waals surface area contributed by atoms with Crippen LogP contribution < -0.4 is 5.32 Å². The monoisotopic (exact) mass is 337 g/mol. The van der Waals surface area contributed by atoms with Crippen molar-refractivity contribution in [3.05, 3.63) is 90.1 Å². The quantitative estimate of drug-likeness (QED) is 0.546. The summed E-state index contributed by atoms with van der Waals surface area (Å²) in [4.78, 5) is 4.60. The second-order valence-corrected chi connectivity index (χ2v) is 6.72. The van der Waals surface area contributed by atoms with Gasteiger partial charge in [0.2, 0.25) is 0 Å². The van der Waals surface area contributed by atoms with Gasteiger partial charge in [-0.1, -0.05) is 36.4 Å². The van der Waals surface area contributed by atoms with Gasteiger partial charge in [0.25, 0.3) is 0 Å². The predicted molar refractivity (Wildman–Crippen MR) is 109 cm³/mol. The van der Waals surface area contributed by atoms with E-state index in [-0.39, 0.29) is 0 Å². The van der Waals surface area contributed by atoms with Gasteiger partial charge >= 0.3 is 0 Å². The predicted octanol–water partition coefficient (Wildman–Crippen LogP) is 5.04. The average Bonchev–Trinajstić information content (AvgIpc) is 3.03. The van der Waals surface area contributed by atoms with Crippen LogP contribution in [0.25, 0.3) is 27.5 Å². The summed E-state index contributed by atoms with van der Waals surface area (Å²) in [6.45, 7) is 2.84. The van der Waals surface area contributed by atoms with E-state index in [4.69, 9.17) is 0 Å². The van der Waals surface area contributed by atoms with E-state index < -0.39 is 0 Å². The van der Waals surface area contributed by atoms with Crippen molar-refractivity contribution in [2.75, 3.05) is 6.54 Å². The maximum absolute atomic E-state index is 4.60. The normalized spacial score (nSPS) is 14.2. The van der Waals surface area contributed by atoms with Gasteiger partial charge in [0.1, 0.15) is 5.84 Å². The van der Waals surface area contributed by atoms with Crippen molar-refractivity contribution in [3.63, 3.8) is 0 Å². The fourth-order valence-corrected chi connectivity index (χ4v) is 3.63. The minimum atomic E-state index is 0.761. The summed E-state index contributed by atoms with van der Waals surface area (Å²) >= 11 is 0. The molecule has 4 aromatic rings. The van der Waals surface area contributed by atoms with E-state index in [9.17, 15) is 0 Å². The number of hydrogen-bond donors (Lipinski definition) is 1. The van der Waals surface area contributed by atoms with Crippen molar-refractivity contribution in [1.29, 1.82) is 0 Å². The zero-order chi connectivity index (χ0) is 17.5. The molecule has 0 spiro atoms. The molecule has 3 nitrogen and oxygen atoms in total. The van der Waals surface area contributed by atoms with Crippen LogP contribution >= 0.6 is 0 Å². The summed E-state index contributed by atoms with van der Waals surface area (Å²) in [6, 6.07) is 25.8. The number of hydrogen-bond acceptors (Lipinski definition) is 2. The van der Waals surface area contributed by atoms with Crippen LogP contribution in [0.15, 0.2) is 89.6 Å². The number of benzene rings is 3. The molecule has 126 valence electrons. The molecular weight excluding hydrogens is 318 g/mol. The molecule has 1 N–H and O–H groups in total. The first-order valence-electron chi connectivity index (χ1n) is 8.87. The molecule has 0 atom stereocenters. The Kier molecular flexibility index (Phi) is 3.39. The highest BCUT2D eigenvalue weighted by atomic mass is 15.0. The van der Waals surface area contributed by atoms with E-state index in [0.29, 0.717) is 0 Å². The van der Waals surface area contributed by atoms with Crippen molar-refractivity contribution in [2.45, 2.75) is 6.92 Å². The fourth-order valence-electron chi connectivity index (χ4n) is 3.63. The first kappa shape index (κ1) is 15.0. The molecule has 0 radical (unpaired) electrons. The Bertz CT molecular complexity index is 1120. The molecule has 0 amide bonds. The van der Waals surface area contributed by atoms with Crippen LogP contribution in [0.3, 0.4) is 0 Å². The Labute approximate surface area is 152 Å². The molecule has 2 heterocycles. The van der Waals surface area contributed by atoms with Gasteiger partial charge in [-0.2, -0.15) is 0 Å². The van der Waals surface area contributed by atoms with Gasteiger partial charge in [-0.05, 0) is 48.9 Å². The van der Waals surface area contributed by atoms with Crippen LogP contribution in [0.1, 0.15) is 12.5 Å². The lowest BCUT2D eigenvalue weighted by atomic mass is 10.1. The first-order chi connectivity index (χ1) is 12.8. The molecule has 1 aromatic heterocycles. The molecule has 0 unspecified atom stereocenters. The highest BCUT2D eigenvalue weighted by molar-refractivity contribution is 6.09. The lowest BCUT2D eigenvalue weighted by Crippen LogP contribution is -2.23. The van der Waals surface area contributed by atoms with Crippen LogP contribution in [0.5, 0.6) is 0 Å². The molecule has 0 bridgehead atoms. The van der Waals surface area contributed by atoms with Crippen molar-refractivity contribution in [3.8, 4) is 5.69 Å². The Morgan fingerprint density at radius 2 is 1.42 bits per heavy atom. The lowest BCUT2D eigenvalue weighted by Gasteiger charge is -2.14. The largest absolute Gasteiger partial charge is 0.346 e. The smallest absolute Gasteiger partial charge is 0.132 e. The topological polar surface area (TPSA) is 29.3 Å². The van der Waals surface area contributed by atoms with E-state index in [1.54, 1.807) is 0 Å². The Morgan fingerprint density at radius 1 is 0.808 bits per heavy atom. The second-order valence-electron chi connectivity index (χ2n) is 6.72. The minimum Gasteiger partial charge on any atom is -0.346 e. The van der Waals surface area contributed by atoms with Gasteiger partial charge in [0, 0.05) is 28.2 Å². The summed E-state index contributed by atoms with van der Waals surface area (Å²) in [5, 5.41) is 5.85. The van der Waals surface area contributed by atoms with Gasteiger partial charge in [0.15, 0.2) is 0 Å². The van der Waals surface area contributed by atoms with Crippen LogP contribution in [0.4, 0.5) is 0 Å². The number of rotatable bonds is 2. The maximum atomic E-state index is 4.60. The molecule has 3 heteroatoms. The summed E-state index contributed by atoms with van der Waals surface area (Å²) in [5.41, 5.74) is 5.98. The summed E-state index contributed by atoms with van der Waals surface area (Å²) in [7, 11) is 0. The number of aliphatic imine (C=N–C) groups is 1. The summed E-state index contributed by atoms with van der Waals surface area (Å²) in [6.07, 6.45) is 2.03. The van der Waals surface area contributed by atoms with E-state index in [1.165, 1.54) is 27.4 Å². The van der Waals surface area contributed by atoms with E-state index in [2.05, 4.69) is 94.6 Å². The number of para-hydroxylation sites is 2. The molecule has 0 aliphatic carbocycles. The van der Waals surface area contributed by atoms with Crippen LogP contribution in [-0.4, -0.2) is 16.9 Å². The number of nitrogens with zero attached hydrogens (tertiary/aromatic N) is 2. The molecular formula is C23H19N3. The molecule has 0 saturated heterocycles. The third-order valence-electron chi connectivity index (χ3n) is 4.92. The van der Waals surface area contributed by atoms with Crippen LogP contribution in [-0.2, 0) is 0 Å². The average molecular weight is 337 g/mol. The van der Waals surface area contributed by atoms with Gasteiger partial charge in [-0.25, -0.2) is 0 Å². The lowest BCUT2D eigenvalue weighted by molar-refractivity contribution is 1.02.